The number of hydrogen-bond donors (Lipinski definition) is 1. The van der Waals surface area contributed by atoms with Gasteiger partial charge in [-0.25, -0.2) is 4.79 Å². The Morgan fingerprint density at radius 1 is 1.50 bits per heavy atom. The van der Waals surface area contributed by atoms with Gasteiger partial charge in [-0.1, -0.05) is 12.5 Å². The van der Waals surface area contributed by atoms with Crippen molar-refractivity contribution in [3.63, 3.8) is 0 Å². The minimum absolute atomic E-state index is 0.253. The van der Waals surface area contributed by atoms with Gasteiger partial charge in [0, 0.05) is 5.69 Å². The van der Waals surface area contributed by atoms with E-state index < -0.39 is 0 Å². The summed E-state index contributed by atoms with van der Waals surface area (Å²) in [5.74, 6) is 0.321. The molecular formula is C13H17NO2. The van der Waals surface area contributed by atoms with Crippen molar-refractivity contribution in [2.24, 2.45) is 5.92 Å². The zero-order valence-electron chi connectivity index (χ0n) is 9.53. The number of ether oxygens (including phenoxy) is 1. The predicted octanol–water partition coefficient (Wildman–Crippen LogP) is 2.53. The Bertz CT molecular complexity index is 397. The standard InChI is InChI=1S/C13H17NO2/c1-9-5-6-11(14)7-12(9)13(15)16-8-10-3-2-4-10/h5-7,10H,2-4,8,14H2,1H3. The third-order valence-electron chi connectivity index (χ3n) is 3.16. The summed E-state index contributed by atoms with van der Waals surface area (Å²) in [6.45, 7) is 2.44. The molecule has 2 N–H and O–H groups in total. The lowest BCUT2D eigenvalue weighted by Crippen LogP contribution is -2.20. The Morgan fingerprint density at radius 2 is 2.25 bits per heavy atom. The van der Waals surface area contributed by atoms with E-state index in [0.29, 0.717) is 23.8 Å². The van der Waals surface area contributed by atoms with Gasteiger partial charge in [-0.15, -0.1) is 0 Å². The van der Waals surface area contributed by atoms with Crippen molar-refractivity contribution >= 4 is 11.7 Å². The fraction of sp³-hybridized carbons (Fsp3) is 0.462. The number of carbonyl (C=O) groups excluding carboxylic acids is 1. The maximum Gasteiger partial charge on any atom is 0.338 e. The van der Waals surface area contributed by atoms with E-state index in [1.807, 2.05) is 13.0 Å². The molecule has 0 saturated heterocycles. The third kappa shape index (κ3) is 2.35. The number of aryl methyl sites for hydroxylation is 1. The van der Waals surface area contributed by atoms with E-state index in [1.165, 1.54) is 19.3 Å². The molecule has 3 nitrogen and oxygen atoms in total. The zero-order chi connectivity index (χ0) is 11.5. The van der Waals surface area contributed by atoms with Crippen LogP contribution in [0, 0.1) is 12.8 Å². The second-order valence-corrected chi connectivity index (χ2v) is 4.47. The summed E-state index contributed by atoms with van der Waals surface area (Å²) in [5.41, 5.74) is 7.74. The number of benzene rings is 1. The molecule has 16 heavy (non-hydrogen) atoms. The number of rotatable bonds is 3. The Hall–Kier alpha value is -1.51. The summed E-state index contributed by atoms with van der Waals surface area (Å²) < 4.78 is 5.27. The first-order valence-electron chi connectivity index (χ1n) is 5.70. The van der Waals surface area contributed by atoms with E-state index in [-0.39, 0.29) is 5.97 Å². The molecule has 0 spiro atoms. The van der Waals surface area contributed by atoms with Crippen molar-refractivity contribution in [2.45, 2.75) is 26.2 Å². The highest BCUT2D eigenvalue weighted by molar-refractivity contribution is 5.92. The minimum atomic E-state index is -0.253. The SMILES string of the molecule is Cc1ccc(N)cc1C(=O)OCC1CCC1. The second-order valence-electron chi connectivity index (χ2n) is 4.47. The number of nitrogens with two attached hydrogens (primary N) is 1. The average molecular weight is 219 g/mol. The highest BCUT2D eigenvalue weighted by Crippen LogP contribution is 2.26. The largest absolute Gasteiger partial charge is 0.462 e. The first-order chi connectivity index (χ1) is 7.66. The molecule has 1 fully saturated rings. The van der Waals surface area contributed by atoms with Crippen LogP contribution in [0.1, 0.15) is 35.2 Å². The Labute approximate surface area is 95.6 Å². The maximum absolute atomic E-state index is 11.8. The van der Waals surface area contributed by atoms with E-state index in [9.17, 15) is 4.79 Å². The van der Waals surface area contributed by atoms with Gasteiger partial charge in [0.05, 0.1) is 12.2 Å². The molecule has 0 unspecified atom stereocenters. The van der Waals surface area contributed by atoms with Crippen LogP contribution in [0.2, 0.25) is 0 Å². The molecule has 1 saturated carbocycles. The molecule has 86 valence electrons. The van der Waals surface area contributed by atoms with Crippen LogP contribution in [0.3, 0.4) is 0 Å². The van der Waals surface area contributed by atoms with Crippen molar-refractivity contribution in [2.75, 3.05) is 12.3 Å². The number of anilines is 1. The van der Waals surface area contributed by atoms with Gasteiger partial charge in [-0.2, -0.15) is 0 Å². The highest BCUT2D eigenvalue weighted by atomic mass is 16.5. The summed E-state index contributed by atoms with van der Waals surface area (Å²) in [5, 5.41) is 0. The van der Waals surface area contributed by atoms with Gasteiger partial charge in [-0.3, -0.25) is 0 Å². The van der Waals surface area contributed by atoms with Crippen LogP contribution in [0.5, 0.6) is 0 Å². The first kappa shape index (κ1) is 11.0. The van der Waals surface area contributed by atoms with Crippen molar-refractivity contribution in [3.8, 4) is 0 Å². The number of carbonyl (C=O) groups is 1. The topological polar surface area (TPSA) is 52.3 Å². The van der Waals surface area contributed by atoms with Crippen LogP contribution >= 0.6 is 0 Å². The van der Waals surface area contributed by atoms with Crippen LogP contribution < -0.4 is 5.73 Å². The van der Waals surface area contributed by atoms with E-state index in [2.05, 4.69) is 0 Å². The summed E-state index contributed by atoms with van der Waals surface area (Å²) in [4.78, 5) is 11.8. The smallest absolute Gasteiger partial charge is 0.338 e. The lowest BCUT2D eigenvalue weighted by Gasteiger charge is -2.24. The van der Waals surface area contributed by atoms with Crippen molar-refractivity contribution < 1.29 is 9.53 Å². The molecule has 0 heterocycles. The van der Waals surface area contributed by atoms with Crippen LogP contribution in [0.25, 0.3) is 0 Å². The van der Waals surface area contributed by atoms with Crippen molar-refractivity contribution in [1.29, 1.82) is 0 Å². The lowest BCUT2D eigenvalue weighted by molar-refractivity contribution is 0.0371. The molecule has 1 aliphatic carbocycles. The molecule has 0 aromatic heterocycles. The van der Waals surface area contributed by atoms with Crippen molar-refractivity contribution in [3.05, 3.63) is 29.3 Å². The fourth-order valence-corrected chi connectivity index (χ4v) is 1.79. The van der Waals surface area contributed by atoms with Gasteiger partial charge in [0.25, 0.3) is 0 Å². The van der Waals surface area contributed by atoms with Crippen molar-refractivity contribution in [1.82, 2.24) is 0 Å². The second kappa shape index (κ2) is 4.56. The van der Waals surface area contributed by atoms with Crippen LogP contribution in [0.15, 0.2) is 18.2 Å². The molecule has 2 rings (SSSR count). The summed E-state index contributed by atoms with van der Waals surface area (Å²) in [6.07, 6.45) is 3.63. The van der Waals surface area contributed by atoms with Gasteiger partial charge in [0.1, 0.15) is 0 Å². The molecule has 1 aliphatic rings. The van der Waals surface area contributed by atoms with E-state index in [4.69, 9.17) is 10.5 Å². The van der Waals surface area contributed by atoms with Crippen LogP contribution in [-0.2, 0) is 4.74 Å². The molecule has 3 heteroatoms. The highest BCUT2D eigenvalue weighted by Gasteiger charge is 2.20. The zero-order valence-corrected chi connectivity index (χ0v) is 9.53. The number of esters is 1. The van der Waals surface area contributed by atoms with Crippen LogP contribution in [0.4, 0.5) is 5.69 Å². The van der Waals surface area contributed by atoms with Gasteiger partial charge in [0.2, 0.25) is 0 Å². The Balaban J connectivity index is 1.99. The summed E-state index contributed by atoms with van der Waals surface area (Å²) >= 11 is 0. The average Bonchev–Trinajstić information content (AvgIpc) is 2.19. The third-order valence-corrected chi connectivity index (χ3v) is 3.16. The maximum atomic E-state index is 11.8. The van der Waals surface area contributed by atoms with E-state index in [1.54, 1.807) is 12.1 Å². The normalized spacial score (nSPS) is 15.6. The molecule has 1 aromatic rings. The van der Waals surface area contributed by atoms with E-state index in [0.717, 1.165) is 5.56 Å². The summed E-state index contributed by atoms with van der Waals surface area (Å²) in [7, 11) is 0. The van der Waals surface area contributed by atoms with E-state index >= 15 is 0 Å². The molecule has 0 radical (unpaired) electrons. The molecule has 0 amide bonds. The minimum Gasteiger partial charge on any atom is -0.462 e. The molecule has 1 aromatic carbocycles. The fourth-order valence-electron chi connectivity index (χ4n) is 1.79. The monoisotopic (exact) mass is 219 g/mol. The van der Waals surface area contributed by atoms with Gasteiger partial charge >= 0.3 is 5.97 Å². The van der Waals surface area contributed by atoms with Crippen LogP contribution in [-0.4, -0.2) is 12.6 Å². The van der Waals surface area contributed by atoms with Gasteiger partial charge in [-0.05, 0) is 43.4 Å². The molecule has 0 aliphatic heterocycles. The van der Waals surface area contributed by atoms with Gasteiger partial charge < -0.3 is 10.5 Å². The Kier molecular flexibility index (Phi) is 3.13. The quantitative estimate of drug-likeness (QED) is 0.627. The summed E-state index contributed by atoms with van der Waals surface area (Å²) in [6, 6.07) is 5.31. The number of hydrogen-bond acceptors (Lipinski definition) is 3. The molecule has 0 atom stereocenters. The Morgan fingerprint density at radius 3 is 2.88 bits per heavy atom. The van der Waals surface area contributed by atoms with Gasteiger partial charge in [0.15, 0.2) is 0 Å². The number of nitrogen functional groups attached to an aromatic ring is 1. The molecule has 0 bridgehead atoms. The predicted molar refractivity (Wildman–Crippen MR) is 63.2 cm³/mol. The molecular weight excluding hydrogens is 202 g/mol. The first-order valence-corrected chi connectivity index (χ1v) is 5.70. The lowest BCUT2D eigenvalue weighted by atomic mass is 9.86.